The molecule has 5 nitrogen and oxygen atoms in total. The van der Waals surface area contributed by atoms with Crippen molar-refractivity contribution in [3.8, 4) is 11.3 Å². The summed E-state index contributed by atoms with van der Waals surface area (Å²) in [5, 5.41) is 12.1. The van der Waals surface area contributed by atoms with E-state index < -0.39 is 0 Å². The molecule has 0 N–H and O–H groups in total. The number of rotatable bonds is 3. The van der Waals surface area contributed by atoms with Crippen molar-refractivity contribution in [1.29, 1.82) is 0 Å². The Hall–Kier alpha value is -2.40. The van der Waals surface area contributed by atoms with Crippen LogP contribution < -0.4 is 0 Å². The number of hydrogen-bond acceptors (Lipinski definition) is 4. The van der Waals surface area contributed by atoms with E-state index in [1.54, 1.807) is 6.21 Å². The Morgan fingerprint density at radius 1 is 1.16 bits per heavy atom. The highest BCUT2D eigenvalue weighted by Crippen LogP contribution is 2.24. The van der Waals surface area contributed by atoms with Crippen molar-refractivity contribution in [2.45, 2.75) is 0 Å². The molecule has 0 aliphatic rings. The van der Waals surface area contributed by atoms with Crippen molar-refractivity contribution in [3.63, 3.8) is 0 Å². The second-order valence-electron chi connectivity index (χ2n) is 3.80. The zero-order chi connectivity index (χ0) is 13.1. The highest BCUT2D eigenvalue weighted by molar-refractivity contribution is 6.30. The van der Waals surface area contributed by atoms with Gasteiger partial charge in [0.05, 0.1) is 6.21 Å². The summed E-state index contributed by atoms with van der Waals surface area (Å²) in [7, 11) is 0. The monoisotopic (exact) mass is 272 g/mol. The minimum atomic E-state index is 0.642. The molecule has 6 heteroatoms. The molecule has 0 unspecified atom stereocenters. The molecule has 0 saturated carbocycles. The fourth-order valence-corrected chi connectivity index (χ4v) is 1.79. The fourth-order valence-electron chi connectivity index (χ4n) is 1.60. The smallest absolute Gasteiger partial charge is 0.147 e. The lowest BCUT2D eigenvalue weighted by Crippen LogP contribution is -1.84. The highest BCUT2D eigenvalue weighted by Gasteiger charge is 2.03. The maximum absolute atomic E-state index is 5.95. The molecule has 94 valence electrons. The first-order valence-electron chi connectivity index (χ1n) is 5.56. The predicted octanol–water partition coefficient (Wildman–Crippen LogP) is 3.07. The van der Waals surface area contributed by atoms with Gasteiger partial charge in [-0.1, -0.05) is 23.7 Å². The average Bonchev–Trinajstić information content (AvgIpc) is 3.08. The highest BCUT2D eigenvalue weighted by atomic mass is 35.5. The Morgan fingerprint density at radius 2 is 2.00 bits per heavy atom. The van der Waals surface area contributed by atoms with Crippen LogP contribution in [0.4, 0.5) is 0 Å². The summed E-state index contributed by atoms with van der Waals surface area (Å²) >= 11 is 5.95. The van der Waals surface area contributed by atoms with Gasteiger partial charge >= 0.3 is 0 Å². The summed E-state index contributed by atoms with van der Waals surface area (Å²) in [6.45, 7) is 0. The number of benzene rings is 1. The molecule has 1 aromatic carbocycles. The Morgan fingerprint density at radius 3 is 2.79 bits per heavy atom. The second-order valence-corrected chi connectivity index (χ2v) is 4.24. The Labute approximate surface area is 114 Å². The van der Waals surface area contributed by atoms with Crippen LogP contribution in [0.1, 0.15) is 5.76 Å². The van der Waals surface area contributed by atoms with Crippen LogP contribution in [0, 0.1) is 0 Å². The number of furan rings is 1. The van der Waals surface area contributed by atoms with Gasteiger partial charge in [0.25, 0.3) is 0 Å². The number of aromatic nitrogens is 3. The van der Waals surface area contributed by atoms with Gasteiger partial charge in [-0.2, -0.15) is 5.10 Å². The van der Waals surface area contributed by atoms with E-state index in [0.29, 0.717) is 10.8 Å². The maximum Gasteiger partial charge on any atom is 0.147 e. The summed E-state index contributed by atoms with van der Waals surface area (Å²) in [6.07, 6.45) is 4.59. The third-order valence-corrected chi connectivity index (χ3v) is 2.70. The lowest BCUT2D eigenvalue weighted by molar-refractivity contribution is 0.574. The zero-order valence-corrected chi connectivity index (χ0v) is 10.5. The molecule has 0 fully saturated rings. The van der Waals surface area contributed by atoms with Gasteiger partial charge < -0.3 is 4.42 Å². The van der Waals surface area contributed by atoms with Crippen LogP contribution in [-0.4, -0.2) is 21.1 Å². The van der Waals surface area contributed by atoms with E-state index in [2.05, 4.69) is 15.3 Å². The quantitative estimate of drug-likeness (QED) is 0.689. The van der Waals surface area contributed by atoms with Gasteiger partial charge in [0.1, 0.15) is 24.2 Å². The van der Waals surface area contributed by atoms with E-state index in [9.17, 15) is 0 Å². The first kappa shape index (κ1) is 11.7. The van der Waals surface area contributed by atoms with Crippen LogP contribution in [0.2, 0.25) is 5.02 Å². The SMILES string of the molecule is Clc1cccc(-c2ccc(C=Nn3cnnc3)o2)c1. The lowest BCUT2D eigenvalue weighted by Gasteiger charge is -1.96. The van der Waals surface area contributed by atoms with Crippen LogP contribution in [0.25, 0.3) is 11.3 Å². The molecule has 3 aromatic rings. The molecular formula is C13H9ClN4O. The molecule has 3 rings (SSSR count). The topological polar surface area (TPSA) is 56.2 Å². The molecule has 0 aliphatic heterocycles. The molecule has 2 heterocycles. The number of hydrogen-bond donors (Lipinski definition) is 0. The van der Waals surface area contributed by atoms with Crippen molar-refractivity contribution in [2.24, 2.45) is 5.10 Å². The van der Waals surface area contributed by atoms with Crippen molar-refractivity contribution >= 4 is 17.8 Å². The average molecular weight is 273 g/mol. The van der Waals surface area contributed by atoms with Gasteiger partial charge in [0.15, 0.2) is 0 Å². The summed E-state index contributed by atoms with van der Waals surface area (Å²) in [6, 6.07) is 11.2. The largest absolute Gasteiger partial charge is 0.455 e. The van der Waals surface area contributed by atoms with Crippen molar-refractivity contribution in [1.82, 2.24) is 14.9 Å². The molecule has 19 heavy (non-hydrogen) atoms. The van der Waals surface area contributed by atoms with Crippen molar-refractivity contribution in [2.75, 3.05) is 0 Å². The standard InChI is InChI=1S/C13H9ClN4O/c14-11-3-1-2-10(6-11)13-5-4-12(19-13)7-17-18-8-15-16-9-18/h1-9H. The number of nitrogens with zero attached hydrogens (tertiary/aromatic N) is 4. The molecule has 0 spiro atoms. The molecule has 2 aromatic heterocycles. The fraction of sp³-hybridized carbons (Fsp3) is 0. The van der Waals surface area contributed by atoms with E-state index in [1.165, 1.54) is 17.3 Å². The first-order valence-corrected chi connectivity index (χ1v) is 5.94. The van der Waals surface area contributed by atoms with Gasteiger partial charge in [-0.05, 0) is 24.3 Å². The summed E-state index contributed by atoms with van der Waals surface area (Å²) < 4.78 is 7.15. The Kier molecular flexibility index (Phi) is 3.12. The van der Waals surface area contributed by atoms with Crippen LogP contribution in [0.5, 0.6) is 0 Å². The van der Waals surface area contributed by atoms with Crippen molar-refractivity contribution < 1.29 is 4.42 Å². The van der Waals surface area contributed by atoms with Gasteiger partial charge in [-0.15, -0.1) is 10.2 Å². The maximum atomic E-state index is 5.95. The molecular weight excluding hydrogens is 264 g/mol. The van der Waals surface area contributed by atoms with Crippen molar-refractivity contribution in [3.05, 3.63) is 59.8 Å². The zero-order valence-electron chi connectivity index (χ0n) is 9.77. The lowest BCUT2D eigenvalue weighted by atomic mass is 10.2. The second kappa shape index (κ2) is 5.07. The van der Waals surface area contributed by atoms with Gasteiger partial charge in [-0.25, -0.2) is 4.68 Å². The molecule has 0 saturated heterocycles. The van der Waals surface area contributed by atoms with Crippen LogP contribution in [-0.2, 0) is 0 Å². The third kappa shape index (κ3) is 2.71. The molecule has 0 amide bonds. The van der Waals surface area contributed by atoms with E-state index in [4.69, 9.17) is 16.0 Å². The molecule has 0 radical (unpaired) electrons. The van der Waals surface area contributed by atoms with Gasteiger partial charge in [-0.3, -0.25) is 0 Å². The number of halogens is 1. The molecule has 0 aliphatic carbocycles. The third-order valence-electron chi connectivity index (χ3n) is 2.46. The molecule has 0 bridgehead atoms. The van der Waals surface area contributed by atoms with E-state index >= 15 is 0 Å². The van der Waals surface area contributed by atoms with E-state index in [1.807, 2.05) is 36.4 Å². The van der Waals surface area contributed by atoms with Crippen LogP contribution in [0.15, 0.2) is 58.6 Å². The Bertz CT molecular complexity index is 703. The summed E-state index contributed by atoms with van der Waals surface area (Å²) in [4.78, 5) is 0. The van der Waals surface area contributed by atoms with Crippen LogP contribution in [0.3, 0.4) is 0 Å². The minimum absolute atomic E-state index is 0.642. The van der Waals surface area contributed by atoms with Gasteiger partial charge in [0, 0.05) is 10.6 Å². The summed E-state index contributed by atoms with van der Waals surface area (Å²) in [5.41, 5.74) is 0.927. The minimum Gasteiger partial charge on any atom is -0.455 e. The normalized spacial score (nSPS) is 11.2. The van der Waals surface area contributed by atoms with Crippen LogP contribution >= 0.6 is 11.6 Å². The van der Waals surface area contributed by atoms with E-state index in [-0.39, 0.29) is 0 Å². The van der Waals surface area contributed by atoms with Gasteiger partial charge in [0.2, 0.25) is 0 Å². The molecule has 0 atom stereocenters. The predicted molar refractivity (Wildman–Crippen MR) is 72.2 cm³/mol. The Balaban J connectivity index is 1.83. The first-order chi connectivity index (χ1) is 9.31. The summed E-state index contributed by atoms with van der Waals surface area (Å²) in [5.74, 6) is 1.39. The van der Waals surface area contributed by atoms with E-state index in [0.717, 1.165) is 11.3 Å².